The Hall–Kier alpha value is -2.12. The highest BCUT2D eigenvalue weighted by Gasteiger charge is 2.80. The second-order valence-electron chi connectivity index (χ2n) is 12.5. The Bertz CT molecular complexity index is 1130. The fourth-order valence-corrected chi connectivity index (χ4v) is 9.40. The van der Waals surface area contributed by atoms with Crippen LogP contribution in [0.1, 0.15) is 69.4 Å². The molecule has 1 amide bonds. The molecule has 2 N–H and O–H groups in total. The number of nitrogens with one attached hydrogen (secondary N) is 1. The zero-order valence-corrected chi connectivity index (χ0v) is 21.5. The van der Waals surface area contributed by atoms with Crippen molar-refractivity contribution in [3.63, 3.8) is 0 Å². The molecule has 7 heteroatoms. The third kappa shape index (κ3) is 2.82. The largest absolute Gasteiger partial charge is 0.504 e. The number of fused-ring (bicyclic) bond motifs is 2. The van der Waals surface area contributed by atoms with Crippen LogP contribution in [0.2, 0.25) is 0 Å². The van der Waals surface area contributed by atoms with Crippen molar-refractivity contribution in [2.24, 2.45) is 17.3 Å². The second-order valence-corrected chi connectivity index (χ2v) is 12.5. The number of phenols is 1. The first-order valence-corrected chi connectivity index (χ1v) is 13.9. The average molecular weight is 495 g/mol. The lowest BCUT2D eigenvalue weighted by Gasteiger charge is -2.74. The molecule has 4 saturated carbocycles. The highest BCUT2D eigenvalue weighted by atomic mass is 16.6. The summed E-state index contributed by atoms with van der Waals surface area (Å²) >= 11 is 0. The molecule has 1 aromatic rings. The zero-order chi connectivity index (χ0) is 24.9. The van der Waals surface area contributed by atoms with Gasteiger partial charge < -0.3 is 24.7 Å². The van der Waals surface area contributed by atoms with Gasteiger partial charge in [0, 0.05) is 61.4 Å². The summed E-state index contributed by atoms with van der Waals surface area (Å²) in [6, 6.07) is 4.40. The van der Waals surface area contributed by atoms with Gasteiger partial charge in [0.2, 0.25) is 5.91 Å². The van der Waals surface area contributed by atoms with Crippen LogP contribution in [0.4, 0.5) is 0 Å². The Kier molecular flexibility index (Phi) is 4.93. The van der Waals surface area contributed by atoms with Crippen LogP contribution in [0.15, 0.2) is 12.1 Å². The number of aromatic hydroxyl groups is 1. The highest BCUT2D eigenvalue weighted by molar-refractivity contribution is 5.83. The lowest BCUT2D eigenvalue weighted by molar-refractivity contribution is -0.276. The number of phenolic OH excluding ortho intramolecular Hbond substituents is 1. The monoisotopic (exact) mass is 494 g/mol. The van der Waals surface area contributed by atoms with E-state index in [1.165, 1.54) is 37.4 Å². The molecule has 1 saturated heterocycles. The van der Waals surface area contributed by atoms with E-state index >= 15 is 0 Å². The number of carbonyl (C=O) groups excluding carboxylic acids is 2. The second kappa shape index (κ2) is 7.70. The predicted molar refractivity (Wildman–Crippen MR) is 133 cm³/mol. The first-order valence-electron chi connectivity index (χ1n) is 13.9. The van der Waals surface area contributed by atoms with Crippen molar-refractivity contribution in [2.45, 2.75) is 87.9 Å². The van der Waals surface area contributed by atoms with Gasteiger partial charge in [0.25, 0.3) is 0 Å². The molecular weight excluding hydrogens is 456 g/mol. The number of hydrogen-bond donors (Lipinski definition) is 2. The molecule has 8 rings (SSSR count). The molecule has 5 fully saturated rings. The topological polar surface area (TPSA) is 88.1 Å². The Balaban J connectivity index is 1.30. The molecule has 6 atom stereocenters. The minimum absolute atomic E-state index is 0.0367. The van der Waals surface area contributed by atoms with Gasteiger partial charge in [-0.3, -0.25) is 9.69 Å². The number of likely N-dealkylation sites (tertiary alicyclic amines) is 1. The van der Waals surface area contributed by atoms with Crippen LogP contribution in [0.25, 0.3) is 0 Å². The zero-order valence-electron chi connectivity index (χ0n) is 21.5. The fraction of sp³-hybridized carbons (Fsp3) is 0.724. The number of ketones is 1. The van der Waals surface area contributed by atoms with Gasteiger partial charge in [0.05, 0.1) is 0 Å². The number of methoxy groups -OCH3 is 1. The van der Waals surface area contributed by atoms with Gasteiger partial charge in [0.15, 0.2) is 11.5 Å². The van der Waals surface area contributed by atoms with Gasteiger partial charge in [-0.1, -0.05) is 6.07 Å². The van der Waals surface area contributed by atoms with Crippen molar-refractivity contribution >= 4 is 11.7 Å². The third-order valence-electron chi connectivity index (χ3n) is 11.1. The Labute approximate surface area is 212 Å². The predicted octanol–water partition coefficient (Wildman–Crippen LogP) is 3.10. The molecule has 2 spiro atoms. The Morgan fingerprint density at radius 1 is 1.22 bits per heavy atom. The molecule has 5 aliphatic carbocycles. The lowest BCUT2D eigenvalue weighted by Crippen LogP contribution is -2.81. The van der Waals surface area contributed by atoms with Crippen LogP contribution in [-0.4, -0.2) is 66.2 Å². The molecule has 7 aliphatic rings. The Morgan fingerprint density at radius 3 is 2.81 bits per heavy atom. The molecular formula is C29H38N2O5. The third-order valence-corrected chi connectivity index (χ3v) is 11.1. The first-order chi connectivity index (χ1) is 17.3. The van der Waals surface area contributed by atoms with Gasteiger partial charge in [-0.15, -0.1) is 0 Å². The van der Waals surface area contributed by atoms with E-state index in [-0.39, 0.29) is 53.1 Å². The number of carbonyl (C=O) groups is 2. The van der Waals surface area contributed by atoms with Crippen LogP contribution in [0.5, 0.6) is 11.5 Å². The highest BCUT2D eigenvalue weighted by Crippen LogP contribution is 2.76. The summed E-state index contributed by atoms with van der Waals surface area (Å²) in [5.74, 6) is 1.85. The van der Waals surface area contributed by atoms with Gasteiger partial charge in [-0.2, -0.15) is 0 Å². The summed E-state index contributed by atoms with van der Waals surface area (Å²) < 4.78 is 13.3. The molecule has 194 valence electrons. The molecule has 3 unspecified atom stereocenters. The van der Waals surface area contributed by atoms with Crippen molar-refractivity contribution in [3.05, 3.63) is 23.3 Å². The maximum atomic E-state index is 12.6. The minimum Gasteiger partial charge on any atom is -0.504 e. The van der Waals surface area contributed by atoms with Gasteiger partial charge in [-0.25, -0.2) is 0 Å². The van der Waals surface area contributed by atoms with Crippen molar-refractivity contribution < 1.29 is 24.2 Å². The summed E-state index contributed by atoms with van der Waals surface area (Å²) in [6.07, 6.45) is 8.08. The SMILES string of the molecule is COC12CC[C@@]3(CC1CNC(=O)CCC(C)=O)[C@H]1Cc4ccc(O)c5c4[C@@]3(CCN1CC1CC1)C2O5. The maximum Gasteiger partial charge on any atom is 0.220 e. The molecule has 2 heterocycles. The molecule has 36 heavy (non-hydrogen) atoms. The lowest BCUT2D eigenvalue weighted by atomic mass is 9.35. The van der Waals surface area contributed by atoms with Crippen molar-refractivity contribution in [3.8, 4) is 11.5 Å². The van der Waals surface area contributed by atoms with E-state index in [1.54, 1.807) is 7.11 Å². The smallest absolute Gasteiger partial charge is 0.220 e. The summed E-state index contributed by atoms with van der Waals surface area (Å²) in [4.78, 5) is 26.8. The number of nitrogens with zero attached hydrogens (tertiary/aromatic N) is 1. The van der Waals surface area contributed by atoms with Crippen molar-refractivity contribution in [1.82, 2.24) is 10.2 Å². The van der Waals surface area contributed by atoms with Crippen LogP contribution in [0.3, 0.4) is 0 Å². The van der Waals surface area contributed by atoms with Crippen LogP contribution >= 0.6 is 0 Å². The van der Waals surface area contributed by atoms with E-state index < -0.39 is 5.60 Å². The van der Waals surface area contributed by atoms with E-state index in [2.05, 4.69) is 16.3 Å². The average Bonchev–Trinajstić information content (AvgIpc) is 3.61. The van der Waals surface area contributed by atoms with Crippen LogP contribution in [-0.2, 0) is 26.2 Å². The number of rotatable bonds is 8. The molecule has 4 bridgehead atoms. The van der Waals surface area contributed by atoms with Gasteiger partial charge >= 0.3 is 0 Å². The van der Waals surface area contributed by atoms with E-state index in [1.807, 2.05) is 6.07 Å². The number of benzene rings is 1. The van der Waals surface area contributed by atoms with E-state index in [0.717, 1.165) is 44.6 Å². The summed E-state index contributed by atoms with van der Waals surface area (Å²) in [5, 5.41) is 14.1. The van der Waals surface area contributed by atoms with Crippen molar-refractivity contribution in [2.75, 3.05) is 26.7 Å². The summed E-state index contributed by atoms with van der Waals surface area (Å²) in [5.41, 5.74) is 1.99. The summed E-state index contributed by atoms with van der Waals surface area (Å²) in [7, 11) is 1.80. The standard InChI is InChI=1S/C29H38N2O5/c1-17(32)3-8-23(34)30-15-20-14-27-9-10-29(20,35-2)26-28(27)11-12-31(16-18-4-5-18)22(27)13-19-6-7-21(33)25(36-26)24(19)28/h6-7,18,20,22,26,33H,3-5,8-16H2,1-2H3,(H,30,34)/t20?,22-,26?,27-,28+,29?/m1/s1. The Morgan fingerprint density at radius 2 is 2.06 bits per heavy atom. The van der Waals surface area contributed by atoms with E-state index in [0.29, 0.717) is 18.3 Å². The minimum atomic E-state index is -0.515. The number of ether oxygens (including phenoxy) is 2. The van der Waals surface area contributed by atoms with E-state index in [9.17, 15) is 14.7 Å². The number of amides is 1. The maximum absolute atomic E-state index is 12.6. The van der Waals surface area contributed by atoms with Crippen LogP contribution in [0, 0.1) is 17.3 Å². The molecule has 0 radical (unpaired) electrons. The molecule has 1 aromatic carbocycles. The summed E-state index contributed by atoms with van der Waals surface area (Å²) in [6.45, 7) is 4.33. The van der Waals surface area contributed by atoms with Crippen molar-refractivity contribution in [1.29, 1.82) is 0 Å². The van der Waals surface area contributed by atoms with E-state index in [4.69, 9.17) is 9.47 Å². The number of Topliss-reactive ketones (excluding diaryl/α,β-unsaturated/α-hetero) is 1. The van der Waals surface area contributed by atoms with Gasteiger partial charge in [0.1, 0.15) is 17.5 Å². The quantitative estimate of drug-likeness (QED) is 0.578. The number of hydrogen-bond acceptors (Lipinski definition) is 6. The first kappa shape index (κ1) is 23.0. The number of piperidine rings is 1. The molecule has 2 aliphatic heterocycles. The fourth-order valence-electron chi connectivity index (χ4n) is 9.40. The molecule has 7 nitrogen and oxygen atoms in total. The normalized spacial score (nSPS) is 39.4. The van der Waals surface area contributed by atoms with Gasteiger partial charge in [-0.05, 0) is 76.0 Å². The molecule has 0 aromatic heterocycles. The van der Waals surface area contributed by atoms with Crippen LogP contribution < -0.4 is 10.1 Å².